The third kappa shape index (κ3) is 1.29. The van der Waals surface area contributed by atoms with Crippen molar-refractivity contribution in [3.63, 3.8) is 0 Å². The fraction of sp³-hybridized carbons (Fsp3) is 0.636. The van der Waals surface area contributed by atoms with Crippen molar-refractivity contribution in [3.8, 4) is 0 Å². The van der Waals surface area contributed by atoms with Gasteiger partial charge in [-0.1, -0.05) is 0 Å². The van der Waals surface area contributed by atoms with Crippen LogP contribution in [0.25, 0.3) is 0 Å². The first-order valence-electron chi connectivity index (χ1n) is 5.24. The van der Waals surface area contributed by atoms with Gasteiger partial charge in [-0.25, -0.2) is 0 Å². The van der Waals surface area contributed by atoms with Crippen LogP contribution in [-0.2, 0) is 6.54 Å². The van der Waals surface area contributed by atoms with Crippen molar-refractivity contribution < 1.29 is 4.90 Å². The van der Waals surface area contributed by atoms with E-state index >= 15 is 0 Å². The molecule has 0 bridgehead atoms. The van der Waals surface area contributed by atoms with Gasteiger partial charge in [-0.05, 0) is 32.9 Å². The molecule has 1 aliphatic heterocycles. The van der Waals surface area contributed by atoms with E-state index in [1.807, 2.05) is 0 Å². The fourth-order valence-electron chi connectivity index (χ4n) is 2.44. The quantitative estimate of drug-likeness (QED) is 0.652. The van der Waals surface area contributed by atoms with E-state index in [1.165, 1.54) is 31.0 Å². The van der Waals surface area contributed by atoms with Gasteiger partial charge < -0.3 is 9.47 Å². The van der Waals surface area contributed by atoms with Crippen molar-refractivity contribution in [1.82, 2.24) is 4.57 Å². The maximum absolute atomic E-state index is 2.46. The van der Waals surface area contributed by atoms with E-state index in [-0.39, 0.29) is 0 Å². The normalized spacial score (nSPS) is 27.3. The molecule has 72 valence electrons. The summed E-state index contributed by atoms with van der Waals surface area (Å²) in [4.78, 5) is 1.71. The molecule has 0 aliphatic carbocycles. The summed E-state index contributed by atoms with van der Waals surface area (Å²) in [5.41, 5.74) is 2.93. The highest BCUT2D eigenvalue weighted by Gasteiger charge is 2.26. The van der Waals surface area contributed by atoms with Crippen molar-refractivity contribution in [2.45, 2.75) is 33.4 Å². The second kappa shape index (κ2) is 3.18. The monoisotopic (exact) mass is 179 g/mol. The van der Waals surface area contributed by atoms with Gasteiger partial charge in [0, 0.05) is 5.69 Å². The van der Waals surface area contributed by atoms with Gasteiger partial charge in [0.1, 0.15) is 6.04 Å². The van der Waals surface area contributed by atoms with Gasteiger partial charge in [0.25, 0.3) is 0 Å². The van der Waals surface area contributed by atoms with Gasteiger partial charge in [-0.15, -0.1) is 0 Å². The standard InChI is InChI=1S/C11H18N2/c1-4-12-7-8-13-9(2)5-6-11(13)10(12)3/h5-6,10H,4,7-8H2,1-3H3/p+1. The predicted molar refractivity (Wildman–Crippen MR) is 54.0 cm³/mol. The second-order valence-corrected chi connectivity index (χ2v) is 4.03. The Hall–Kier alpha value is -0.760. The molecule has 2 heteroatoms. The average molecular weight is 179 g/mol. The summed E-state index contributed by atoms with van der Waals surface area (Å²) in [7, 11) is 0. The van der Waals surface area contributed by atoms with Crippen LogP contribution in [0.1, 0.15) is 31.3 Å². The molecule has 1 N–H and O–H groups in total. The minimum atomic E-state index is 0.674. The maximum Gasteiger partial charge on any atom is 0.125 e. The van der Waals surface area contributed by atoms with Crippen molar-refractivity contribution in [2.24, 2.45) is 0 Å². The van der Waals surface area contributed by atoms with E-state index < -0.39 is 0 Å². The Morgan fingerprint density at radius 1 is 1.54 bits per heavy atom. The van der Waals surface area contributed by atoms with Crippen LogP contribution >= 0.6 is 0 Å². The van der Waals surface area contributed by atoms with Crippen LogP contribution in [0, 0.1) is 6.92 Å². The fourth-order valence-corrected chi connectivity index (χ4v) is 2.44. The summed E-state index contributed by atoms with van der Waals surface area (Å²) < 4.78 is 2.46. The number of aryl methyl sites for hydroxylation is 1. The predicted octanol–water partition coefficient (Wildman–Crippen LogP) is 0.776. The number of hydrogen-bond acceptors (Lipinski definition) is 0. The Labute approximate surface area is 80.2 Å². The molecule has 2 atom stereocenters. The largest absolute Gasteiger partial charge is 0.338 e. The highest BCUT2D eigenvalue weighted by Crippen LogP contribution is 2.16. The number of fused-ring (bicyclic) bond motifs is 1. The van der Waals surface area contributed by atoms with E-state index in [2.05, 4.69) is 37.5 Å². The summed E-state index contributed by atoms with van der Waals surface area (Å²) in [5, 5.41) is 0. The number of nitrogens with one attached hydrogen (secondary N) is 1. The summed E-state index contributed by atoms with van der Waals surface area (Å²) >= 11 is 0. The van der Waals surface area contributed by atoms with Crippen molar-refractivity contribution in [1.29, 1.82) is 0 Å². The van der Waals surface area contributed by atoms with Gasteiger partial charge in [0.05, 0.1) is 25.3 Å². The number of quaternary nitrogens is 1. The van der Waals surface area contributed by atoms with Crippen LogP contribution in [0.4, 0.5) is 0 Å². The molecule has 0 saturated heterocycles. The molecular weight excluding hydrogens is 160 g/mol. The zero-order valence-corrected chi connectivity index (χ0v) is 8.80. The minimum absolute atomic E-state index is 0.674. The minimum Gasteiger partial charge on any atom is -0.338 e. The second-order valence-electron chi connectivity index (χ2n) is 4.03. The van der Waals surface area contributed by atoms with Gasteiger partial charge in [0.15, 0.2) is 0 Å². The van der Waals surface area contributed by atoms with E-state index in [9.17, 15) is 0 Å². The molecule has 13 heavy (non-hydrogen) atoms. The van der Waals surface area contributed by atoms with Gasteiger partial charge in [0.2, 0.25) is 0 Å². The van der Waals surface area contributed by atoms with Crippen molar-refractivity contribution in [3.05, 3.63) is 23.5 Å². The number of likely N-dealkylation sites (N-methyl/N-ethyl adjacent to an activating group) is 1. The molecule has 0 fully saturated rings. The molecule has 1 aromatic rings. The van der Waals surface area contributed by atoms with Crippen molar-refractivity contribution in [2.75, 3.05) is 13.1 Å². The zero-order valence-electron chi connectivity index (χ0n) is 8.80. The first-order valence-corrected chi connectivity index (χ1v) is 5.24. The number of rotatable bonds is 1. The highest BCUT2D eigenvalue weighted by atomic mass is 15.2. The molecule has 0 saturated carbocycles. The molecule has 2 nitrogen and oxygen atoms in total. The Balaban J connectivity index is 2.34. The molecular formula is C11H19N2+. The van der Waals surface area contributed by atoms with Crippen LogP contribution in [0.2, 0.25) is 0 Å². The van der Waals surface area contributed by atoms with Crippen LogP contribution in [0.5, 0.6) is 0 Å². The lowest BCUT2D eigenvalue weighted by molar-refractivity contribution is -0.932. The molecule has 2 heterocycles. The topological polar surface area (TPSA) is 9.37 Å². The number of nitrogens with zero attached hydrogens (tertiary/aromatic N) is 1. The van der Waals surface area contributed by atoms with Crippen LogP contribution < -0.4 is 4.90 Å². The zero-order chi connectivity index (χ0) is 9.42. The summed E-state index contributed by atoms with van der Waals surface area (Å²) in [6.45, 7) is 10.5. The Kier molecular flexibility index (Phi) is 2.16. The van der Waals surface area contributed by atoms with E-state index in [0.717, 1.165) is 0 Å². The van der Waals surface area contributed by atoms with Gasteiger partial charge in [-0.2, -0.15) is 0 Å². The average Bonchev–Trinajstić information content (AvgIpc) is 2.50. The third-order valence-electron chi connectivity index (χ3n) is 3.40. The lowest BCUT2D eigenvalue weighted by Crippen LogP contribution is -3.13. The first kappa shape index (κ1) is 8.82. The SMILES string of the molecule is CC[NH+]1CCn2c(C)ccc2C1C. The molecule has 1 aliphatic rings. The van der Waals surface area contributed by atoms with Crippen LogP contribution in [-0.4, -0.2) is 17.7 Å². The van der Waals surface area contributed by atoms with Gasteiger partial charge >= 0.3 is 0 Å². The lowest BCUT2D eigenvalue weighted by Gasteiger charge is -2.31. The maximum atomic E-state index is 2.46. The van der Waals surface area contributed by atoms with Gasteiger partial charge in [-0.3, -0.25) is 0 Å². The number of hydrogen-bond donors (Lipinski definition) is 1. The molecule has 0 amide bonds. The van der Waals surface area contributed by atoms with E-state index in [0.29, 0.717) is 6.04 Å². The smallest absolute Gasteiger partial charge is 0.125 e. The summed E-state index contributed by atoms with van der Waals surface area (Å²) in [6, 6.07) is 5.20. The molecule has 0 radical (unpaired) electrons. The van der Waals surface area contributed by atoms with Crippen LogP contribution in [0.3, 0.4) is 0 Å². The van der Waals surface area contributed by atoms with E-state index in [4.69, 9.17) is 0 Å². The molecule has 0 spiro atoms. The molecule has 2 unspecified atom stereocenters. The summed E-state index contributed by atoms with van der Waals surface area (Å²) in [6.07, 6.45) is 0. The van der Waals surface area contributed by atoms with E-state index in [1.54, 1.807) is 4.90 Å². The molecule has 1 aromatic heterocycles. The highest BCUT2D eigenvalue weighted by molar-refractivity contribution is 5.17. The first-order chi connectivity index (χ1) is 6.24. The molecule has 2 rings (SSSR count). The third-order valence-corrected chi connectivity index (χ3v) is 3.40. The Morgan fingerprint density at radius 3 is 3.00 bits per heavy atom. The number of aromatic nitrogens is 1. The summed E-state index contributed by atoms with van der Waals surface area (Å²) in [5.74, 6) is 0. The van der Waals surface area contributed by atoms with Crippen molar-refractivity contribution >= 4 is 0 Å². The Morgan fingerprint density at radius 2 is 2.31 bits per heavy atom. The van der Waals surface area contributed by atoms with Crippen LogP contribution in [0.15, 0.2) is 12.1 Å². The Bertz CT molecular complexity index is 301. The lowest BCUT2D eigenvalue weighted by atomic mass is 10.1. The molecule has 0 aromatic carbocycles.